The van der Waals surface area contributed by atoms with Crippen LogP contribution in [0.25, 0.3) is 0 Å². The van der Waals surface area contributed by atoms with Crippen molar-refractivity contribution in [3.63, 3.8) is 0 Å². The van der Waals surface area contributed by atoms with Gasteiger partial charge in [-0.15, -0.1) is 0 Å². The Morgan fingerprint density at radius 2 is 1.59 bits per heavy atom. The second-order valence-electron chi connectivity index (χ2n) is 8.88. The quantitative estimate of drug-likeness (QED) is 0.311. The molecule has 0 bridgehead atoms. The second kappa shape index (κ2) is 13.9. The number of carbonyl (C=O) groups excluding carboxylic acids is 2. The Morgan fingerprint density at radius 3 is 2.16 bits per heavy atom. The lowest BCUT2D eigenvalue weighted by atomic mass is 10.1. The van der Waals surface area contributed by atoms with Crippen LogP contribution in [-0.4, -0.2) is 50.0 Å². The zero-order valence-electron chi connectivity index (χ0n) is 21.1. The summed E-state index contributed by atoms with van der Waals surface area (Å²) in [6.07, 6.45) is 1.61. The fourth-order valence-electron chi connectivity index (χ4n) is 3.79. The molecule has 1 N–H and O–H groups in total. The molecule has 1 atom stereocenters. The molecule has 0 fully saturated rings. The number of nitrogens with one attached hydrogen (secondary N) is 1. The Balaban J connectivity index is 2.29. The molecular weight excluding hydrogens is 580 g/mol. The Kier molecular flexibility index (Phi) is 11.8. The van der Waals surface area contributed by atoms with Crippen molar-refractivity contribution in [1.29, 1.82) is 0 Å². The monoisotopic (exact) mass is 609 g/mol. The predicted molar refractivity (Wildman–Crippen MR) is 152 cm³/mol. The molecule has 0 radical (unpaired) electrons. The number of carbonyl (C=O) groups is 2. The lowest BCUT2D eigenvalue weighted by Gasteiger charge is -2.32. The minimum absolute atomic E-state index is 0.00480. The summed E-state index contributed by atoms with van der Waals surface area (Å²) in [6, 6.07) is 8.64. The summed E-state index contributed by atoms with van der Waals surface area (Å²) in [7, 11) is -3.71. The smallest absolute Gasteiger partial charge is 0.243 e. The van der Waals surface area contributed by atoms with E-state index in [0.29, 0.717) is 27.1 Å². The highest BCUT2D eigenvalue weighted by molar-refractivity contribution is 7.92. The topological polar surface area (TPSA) is 86.8 Å². The van der Waals surface area contributed by atoms with E-state index >= 15 is 0 Å². The number of amides is 2. The number of nitrogens with zero attached hydrogens (tertiary/aromatic N) is 2. The molecule has 2 aromatic carbocycles. The van der Waals surface area contributed by atoms with Crippen molar-refractivity contribution in [2.75, 3.05) is 17.1 Å². The maximum atomic E-state index is 13.5. The van der Waals surface area contributed by atoms with Gasteiger partial charge in [0.05, 0.1) is 17.0 Å². The molecule has 37 heavy (non-hydrogen) atoms. The molecule has 0 spiro atoms. The molecule has 2 aromatic rings. The molecule has 0 unspecified atom stereocenters. The van der Waals surface area contributed by atoms with Gasteiger partial charge >= 0.3 is 0 Å². The summed E-state index contributed by atoms with van der Waals surface area (Å²) in [6.45, 7) is 5.59. The summed E-state index contributed by atoms with van der Waals surface area (Å²) < 4.78 is 26.1. The van der Waals surface area contributed by atoms with E-state index in [1.165, 1.54) is 17.0 Å². The van der Waals surface area contributed by atoms with Crippen LogP contribution < -0.4 is 9.62 Å². The summed E-state index contributed by atoms with van der Waals surface area (Å²) in [4.78, 5) is 27.9. The van der Waals surface area contributed by atoms with Crippen molar-refractivity contribution >= 4 is 73.9 Å². The fraction of sp³-hybridized carbons (Fsp3) is 0.440. The van der Waals surface area contributed by atoms with Gasteiger partial charge in [-0.3, -0.25) is 13.9 Å². The van der Waals surface area contributed by atoms with E-state index in [1.807, 2.05) is 20.8 Å². The standard InChI is InChI=1S/C25H31Cl4N3O4S/c1-5-22(25(34)30-16(2)3)31(15-17-8-9-18(26)13-21(17)29)24(33)7-6-12-32(37(4,35)36)23-14-19(27)10-11-20(23)28/h8-11,13-14,16,22H,5-7,12,15H2,1-4H3,(H,30,34)/t22-/m0/s1. The van der Waals surface area contributed by atoms with Gasteiger partial charge in [0.1, 0.15) is 6.04 Å². The molecule has 0 saturated heterocycles. The lowest BCUT2D eigenvalue weighted by molar-refractivity contribution is -0.141. The zero-order valence-corrected chi connectivity index (χ0v) is 24.9. The van der Waals surface area contributed by atoms with Crippen molar-refractivity contribution in [3.8, 4) is 0 Å². The average molecular weight is 611 g/mol. The van der Waals surface area contributed by atoms with E-state index in [4.69, 9.17) is 46.4 Å². The number of anilines is 1. The molecule has 2 rings (SSSR count). The number of halogens is 4. The Morgan fingerprint density at radius 1 is 0.973 bits per heavy atom. The first-order valence-electron chi connectivity index (χ1n) is 11.7. The van der Waals surface area contributed by atoms with Crippen LogP contribution in [-0.2, 0) is 26.2 Å². The summed E-state index contributed by atoms with van der Waals surface area (Å²) in [5.41, 5.74) is 0.871. The fourth-order valence-corrected chi connectivity index (χ4v) is 5.67. The molecule has 0 saturated carbocycles. The van der Waals surface area contributed by atoms with Crippen LogP contribution in [0.15, 0.2) is 36.4 Å². The first kappa shape index (κ1) is 31.5. The van der Waals surface area contributed by atoms with Gasteiger partial charge in [0.15, 0.2) is 0 Å². The van der Waals surface area contributed by atoms with E-state index in [2.05, 4.69) is 5.32 Å². The van der Waals surface area contributed by atoms with E-state index in [9.17, 15) is 18.0 Å². The van der Waals surface area contributed by atoms with Gasteiger partial charge in [0.25, 0.3) is 0 Å². The average Bonchev–Trinajstić information content (AvgIpc) is 2.78. The Hall–Kier alpha value is -1.71. The third-order valence-corrected chi connectivity index (χ3v) is 7.82. The van der Waals surface area contributed by atoms with E-state index in [1.54, 1.807) is 24.3 Å². The molecular formula is C25H31Cl4N3O4S. The Labute approximate surface area is 239 Å². The molecule has 0 aliphatic carbocycles. The van der Waals surface area contributed by atoms with Crippen molar-refractivity contribution in [2.24, 2.45) is 0 Å². The third kappa shape index (κ3) is 9.21. The second-order valence-corrected chi connectivity index (χ2v) is 12.5. The maximum Gasteiger partial charge on any atom is 0.243 e. The molecule has 204 valence electrons. The molecule has 0 heterocycles. The highest BCUT2D eigenvalue weighted by atomic mass is 35.5. The van der Waals surface area contributed by atoms with Crippen molar-refractivity contribution in [2.45, 2.75) is 58.7 Å². The summed E-state index contributed by atoms with van der Waals surface area (Å²) >= 11 is 24.7. The van der Waals surface area contributed by atoms with Crippen molar-refractivity contribution < 1.29 is 18.0 Å². The van der Waals surface area contributed by atoms with E-state index < -0.39 is 16.1 Å². The van der Waals surface area contributed by atoms with Gasteiger partial charge in [-0.05, 0) is 62.6 Å². The third-order valence-electron chi connectivity index (χ3n) is 5.50. The Bertz CT molecular complexity index is 1220. The van der Waals surface area contributed by atoms with Crippen molar-refractivity contribution in [3.05, 3.63) is 62.1 Å². The van der Waals surface area contributed by atoms with Crippen LogP contribution in [0.5, 0.6) is 0 Å². The SMILES string of the molecule is CC[C@@H](C(=O)NC(C)C)N(Cc1ccc(Cl)cc1Cl)C(=O)CCCN(c1cc(Cl)ccc1Cl)S(C)(=O)=O. The van der Waals surface area contributed by atoms with E-state index in [0.717, 1.165) is 10.6 Å². The van der Waals surface area contributed by atoms with Crippen molar-refractivity contribution in [1.82, 2.24) is 10.2 Å². The normalized spacial score (nSPS) is 12.4. The number of hydrogen-bond donors (Lipinski definition) is 1. The largest absolute Gasteiger partial charge is 0.352 e. The molecule has 0 aliphatic heterocycles. The lowest BCUT2D eigenvalue weighted by Crippen LogP contribution is -2.50. The van der Waals surface area contributed by atoms with Crippen LogP contribution in [0.2, 0.25) is 20.1 Å². The highest BCUT2D eigenvalue weighted by Crippen LogP contribution is 2.31. The van der Waals surface area contributed by atoms with Gasteiger partial charge in [-0.25, -0.2) is 8.42 Å². The van der Waals surface area contributed by atoms with Gasteiger partial charge in [-0.2, -0.15) is 0 Å². The van der Waals surface area contributed by atoms with Crippen LogP contribution >= 0.6 is 46.4 Å². The van der Waals surface area contributed by atoms with E-state index in [-0.39, 0.29) is 54.5 Å². The number of benzene rings is 2. The van der Waals surface area contributed by atoms with Crippen LogP contribution in [0, 0.1) is 0 Å². The van der Waals surface area contributed by atoms with Gasteiger partial charge in [0, 0.05) is 40.6 Å². The van der Waals surface area contributed by atoms with Gasteiger partial charge in [-0.1, -0.05) is 59.4 Å². The maximum absolute atomic E-state index is 13.5. The van der Waals surface area contributed by atoms with Crippen LogP contribution in [0.1, 0.15) is 45.6 Å². The summed E-state index contributed by atoms with van der Waals surface area (Å²) in [5, 5.41) is 4.25. The molecule has 7 nitrogen and oxygen atoms in total. The first-order chi connectivity index (χ1) is 17.2. The minimum Gasteiger partial charge on any atom is -0.352 e. The first-order valence-corrected chi connectivity index (χ1v) is 15.1. The molecule has 2 amide bonds. The summed E-state index contributed by atoms with van der Waals surface area (Å²) in [5.74, 6) is -0.596. The van der Waals surface area contributed by atoms with Crippen LogP contribution in [0.4, 0.5) is 5.69 Å². The zero-order chi connectivity index (χ0) is 27.9. The minimum atomic E-state index is -3.71. The van der Waals surface area contributed by atoms with Gasteiger partial charge in [0.2, 0.25) is 21.8 Å². The number of sulfonamides is 1. The number of rotatable bonds is 12. The van der Waals surface area contributed by atoms with Gasteiger partial charge < -0.3 is 10.2 Å². The number of hydrogen-bond acceptors (Lipinski definition) is 4. The molecule has 0 aromatic heterocycles. The molecule has 12 heteroatoms. The predicted octanol–water partition coefficient (Wildman–Crippen LogP) is 6.18. The highest BCUT2D eigenvalue weighted by Gasteiger charge is 2.30. The van der Waals surface area contributed by atoms with Crippen LogP contribution in [0.3, 0.4) is 0 Å². The molecule has 0 aliphatic rings.